The molecule has 1 unspecified atom stereocenters. The van der Waals surface area contributed by atoms with Crippen LogP contribution in [-0.4, -0.2) is 44.7 Å². The average molecular weight is 419 g/mol. The van der Waals surface area contributed by atoms with Gasteiger partial charge in [-0.2, -0.15) is 13.2 Å². The monoisotopic (exact) mass is 419 g/mol. The number of aromatic nitrogens is 1. The molecule has 0 fully saturated rings. The molecule has 0 aliphatic rings. The Morgan fingerprint density at radius 1 is 1.00 bits per heavy atom. The van der Waals surface area contributed by atoms with Gasteiger partial charge in [0.15, 0.2) is 11.5 Å². The molecule has 0 bridgehead atoms. The van der Waals surface area contributed by atoms with E-state index in [1.54, 1.807) is 38.5 Å². The second-order valence-electron chi connectivity index (χ2n) is 7.04. The van der Waals surface area contributed by atoms with Crippen molar-refractivity contribution in [3.8, 4) is 11.5 Å². The molecule has 1 aromatic heterocycles. The molecule has 0 saturated carbocycles. The number of likely N-dealkylation sites (N-methyl/N-ethyl adjacent to an activating group) is 1. The fourth-order valence-corrected chi connectivity index (χ4v) is 3.33. The number of nitrogens with one attached hydrogen (secondary N) is 1. The third-order valence-electron chi connectivity index (χ3n) is 4.91. The summed E-state index contributed by atoms with van der Waals surface area (Å²) in [5.74, 6) is 1.21. The predicted octanol–water partition coefficient (Wildman–Crippen LogP) is 4.99. The fourth-order valence-electron chi connectivity index (χ4n) is 3.33. The minimum Gasteiger partial charge on any atom is -0.493 e. The maximum absolute atomic E-state index is 13.3. The molecule has 160 valence electrons. The van der Waals surface area contributed by atoms with Crippen LogP contribution >= 0.6 is 0 Å². The molecule has 0 amide bonds. The number of rotatable bonds is 7. The van der Waals surface area contributed by atoms with E-state index < -0.39 is 11.9 Å². The zero-order chi connectivity index (χ0) is 21.9. The largest absolute Gasteiger partial charge is 0.493 e. The van der Waals surface area contributed by atoms with Crippen molar-refractivity contribution in [1.29, 1.82) is 0 Å². The van der Waals surface area contributed by atoms with Crippen LogP contribution in [0.5, 0.6) is 11.5 Å². The Morgan fingerprint density at radius 3 is 2.33 bits per heavy atom. The van der Waals surface area contributed by atoms with Crippen molar-refractivity contribution in [3.05, 3.63) is 59.8 Å². The highest BCUT2D eigenvalue weighted by molar-refractivity contribution is 5.91. The molecule has 0 saturated heterocycles. The van der Waals surface area contributed by atoms with E-state index in [1.807, 2.05) is 37.2 Å². The van der Waals surface area contributed by atoms with Crippen LogP contribution in [0.25, 0.3) is 10.9 Å². The summed E-state index contributed by atoms with van der Waals surface area (Å²) in [6.07, 6.45) is -4.52. The first-order valence-electron chi connectivity index (χ1n) is 9.33. The number of hydrogen-bond donors (Lipinski definition) is 1. The molecule has 5 nitrogen and oxygen atoms in total. The van der Waals surface area contributed by atoms with Gasteiger partial charge in [-0.05, 0) is 43.9 Å². The Labute approximate surface area is 173 Å². The van der Waals surface area contributed by atoms with Gasteiger partial charge < -0.3 is 19.7 Å². The van der Waals surface area contributed by atoms with Gasteiger partial charge in [-0.15, -0.1) is 0 Å². The average Bonchev–Trinajstić information content (AvgIpc) is 2.72. The minimum atomic E-state index is -4.52. The highest BCUT2D eigenvalue weighted by Crippen LogP contribution is 2.34. The predicted molar refractivity (Wildman–Crippen MR) is 111 cm³/mol. The molecule has 0 spiro atoms. The van der Waals surface area contributed by atoms with Crippen LogP contribution in [0, 0.1) is 0 Å². The van der Waals surface area contributed by atoms with Crippen molar-refractivity contribution in [3.63, 3.8) is 0 Å². The molecule has 0 radical (unpaired) electrons. The lowest BCUT2D eigenvalue weighted by Gasteiger charge is -2.26. The molecule has 3 aromatic rings. The number of hydrogen-bond acceptors (Lipinski definition) is 5. The highest BCUT2D eigenvalue weighted by atomic mass is 19.4. The van der Waals surface area contributed by atoms with Crippen LogP contribution in [0.4, 0.5) is 18.9 Å². The lowest BCUT2D eigenvalue weighted by atomic mass is 10.0. The molecule has 1 atom stereocenters. The number of methoxy groups -OCH3 is 2. The first-order valence-corrected chi connectivity index (χ1v) is 9.33. The van der Waals surface area contributed by atoms with E-state index in [0.717, 1.165) is 11.6 Å². The lowest BCUT2D eigenvalue weighted by Crippen LogP contribution is -2.27. The van der Waals surface area contributed by atoms with Crippen molar-refractivity contribution in [2.45, 2.75) is 12.2 Å². The van der Waals surface area contributed by atoms with E-state index >= 15 is 0 Å². The van der Waals surface area contributed by atoms with Gasteiger partial charge in [0.05, 0.1) is 25.8 Å². The summed E-state index contributed by atoms with van der Waals surface area (Å²) in [7, 11) is 6.95. The van der Waals surface area contributed by atoms with E-state index in [9.17, 15) is 13.2 Å². The zero-order valence-electron chi connectivity index (χ0n) is 17.2. The van der Waals surface area contributed by atoms with Crippen molar-refractivity contribution in [2.24, 2.45) is 0 Å². The maximum atomic E-state index is 13.3. The molecule has 30 heavy (non-hydrogen) atoms. The van der Waals surface area contributed by atoms with Crippen molar-refractivity contribution in [1.82, 2.24) is 9.88 Å². The first-order chi connectivity index (χ1) is 14.2. The fraction of sp³-hybridized carbons (Fsp3) is 0.318. The number of anilines is 1. The molecule has 3 rings (SSSR count). The molecule has 2 aromatic carbocycles. The van der Waals surface area contributed by atoms with Gasteiger partial charge in [-0.1, -0.05) is 24.3 Å². The Hall–Kier alpha value is -3.00. The maximum Gasteiger partial charge on any atom is 0.433 e. The number of para-hydroxylation sites is 1. The van der Waals surface area contributed by atoms with Crippen molar-refractivity contribution < 1.29 is 22.6 Å². The Bertz CT molecular complexity index is 1020. The number of pyridine rings is 1. The number of ether oxygens (including phenoxy) is 2. The zero-order valence-corrected chi connectivity index (χ0v) is 17.2. The molecule has 0 aliphatic heterocycles. The quantitative estimate of drug-likeness (QED) is 0.585. The summed E-state index contributed by atoms with van der Waals surface area (Å²) in [5.41, 5.74) is 0.707. The Balaban J connectivity index is 1.94. The SMILES string of the molecule is COc1ccc(C(CNc2cc(C(F)(F)F)nc3ccccc23)N(C)C)cc1OC. The molecular formula is C22H24F3N3O2. The summed E-state index contributed by atoms with van der Waals surface area (Å²) in [4.78, 5) is 5.75. The summed E-state index contributed by atoms with van der Waals surface area (Å²) in [5, 5.41) is 3.83. The van der Waals surface area contributed by atoms with Crippen LogP contribution in [0.3, 0.4) is 0 Å². The van der Waals surface area contributed by atoms with Crippen LogP contribution in [0.2, 0.25) is 0 Å². The standard InChI is InChI=1S/C22H24F3N3O2/c1-28(2)18(14-9-10-19(29-3)20(11-14)30-4)13-26-17-12-21(22(23,24)25)27-16-8-6-5-7-15(16)17/h5-12,18H,13H2,1-4H3,(H,26,27). The van der Waals surface area contributed by atoms with Gasteiger partial charge >= 0.3 is 6.18 Å². The Morgan fingerprint density at radius 2 is 1.70 bits per heavy atom. The van der Waals surface area contributed by atoms with E-state index in [0.29, 0.717) is 34.6 Å². The number of benzene rings is 2. The first kappa shape index (κ1) is 21.7. The van der Waals surface area contributed by atoms with Crippen LogP contribution in [0.15, 0.2) is 48.5 Å². The van der Waals surface area contributed by atoms with Crippen LogP contribution in [0.1, 0.15) is 17.3 Å². The highest BCUT2D eigenvalue weighted by Gasteiger charge is 2.33. The lowest BCUT2D eigenvalue weighted by molar-refractivity contribution is -0.140. The van der Waals surface area contributed by atoms with Crippen LogP contribution < -0.4 is 14.8 Å². The molecule has 8 heteroatoms. The summed E-state index contributed by atoms with van der Waals surface area (Å²) in [6.45, 7) is 0.383. The number of alkyl halides is 3. The molecule has 1 heterocycles. The third kappa shape index (κ3) is 4.59. The van der Waals surface area contributed by atoms with Gasteiger partial charge in [-0.3, -0.25) is 0 Å². The van der Waals surface area contributed by atoms with Gasteiger partial charge in [-0.25, -0.2) is 4.98 Å². The summed E-state index contributed by atoms with van der Waals surface area (Å²) < 4.78 is 50.6. The van der Waals surface area contributed by atoms with E-state index in [1.165, 1.54) is 0 Å². The number of fused-ring (bicyclic) bond motifs is 1. The van der Waals surface area contributed by atoms with Gasteiger partial charge in [0, 0.05) is 17.6 Å². The van der Waals surface area contributed by atoms with Crippen molar-refractivity contribution >= 4 is 16.6 Å². The summed E-state index contributed by atoms with van der Waals surface area (Å²) in [6, 6.07) is 13.3. The molecular weight excluding hydrogens is 395 g/mol. The van der Waals surface area contributed by atoms with Gasteiger partial charge in [0.1, 0.15) is 5.69 Å². The van der Waals surface area contributed by atoms with E-state index in [4.69, 9.17) is 9.47 Å². The van der Waals surface area contributed by atoms with Crippen molar-refractivity contribution in [2.75, 3.05) is 40.2 Å². The summed E-state index contributed by atoms with van der Waals surface area (Å²) >= 11 is 0. The number of halogens is 3. The smallest absolute Gasteiger partial charge is 0.433 e. The van der Waals surface area contributed by atoms with Crippen LogP contribution in [-0.2, 0) is 6.18 Å². The van der Waals surface area contributed by atoms with Gasteiger partial charge in [0.25, 0.3) is 0 Å². The van der Waals surface area contributed by atoms with E-state index in [-0.39, 0.29) is 6.04 Å². The topological polar surface area (TPSA) is 46.6 Å². The normalized spacial score (nSPS) is 12.8. The molecule has 0 aliphatic carbocycles. The number of nitrogens with zero attached hydrogens (tertiary/aromatic N) is 2. The third-order valence-corrected chi connectivity index (χ3v) is 4.91. The van der Waals surface area contributed by atoms with E-state index in [2.05, 4.69) is 10.3 Å². The Kier molecular flexibility index (Phi) is 6.36. The second kappa shape index (κ2) is 8.79. The minimum absolute atomic E-state index is 0.119. The molecule has 1 N–H and O–H groups in total. The second-order valence-corrected chi connectivity index (χ2v) is 7.04. The van der Waals surface area contributed by atoms with Gasteiger partial charge in [0.2, 0.25) is 0 Å².